The molecular weight excluding hydrogens is 771 g/mol. The highest BCUT2D eigenvalue weighted by Crippen LogP contribution is 2.44. The molecule has 0 aliphatic heterocycles. The lowest BCUT2D eigenvalue weighted by Crippen LogP contribution is -2.05. The van der Waals surface area contributed by atoms with E-state index in [-0.39, 0.29) is 58.1 Å². The lowest BCUT2D eigenvalue weighted by Gasteiger charge is -2.19. The summed E-state index contributed by atoms with van der Waals surface area (Å²) in [7, 11) is 0. The Kier molecular flexibility index (Phi) is 6.56. The van der Waals surface area contributed by atoms with Crippen molar-refractivity contribution in [3.63, 3.8) is 0 Å². The molecule has 0 unspecified atom stereocenters. The summed E-state index contributed by atoms with van der Waals surface area (Å²) in [4.78, 5) is 15.7. The Morgan fingerprint density at radius 1 is 0.381 bits per heavy atom. The average molecular weight is 812 g/mol. The zero-order chi connectivity index (χ0) is 46.7. The van der Waals surface area contributed by atoms with Crippen LogP contribution in [0.4, 0.5) is 0 Å². The molecule has 63 heavy (non-hydrogen) atoms. The largest absolute Gasteiger partial charge is 0.455 e. The van der Waals surface area contributed by atoms with Crippen LogP contribution in [0, 0.1) is 0 Å². The first-order valence-electron chi connectivity index (χ1n) is 23.7. The molecule has 4 heterocycles. The van der Waals surface area contributed by atoms with Gasteiger partial charge in [-0.15, -0.1) is 0 Å². The van der Waals surface area contributed by atoms with Crippen LogP contribution in [0.5, 0.6) is 0 Å². The molecule has 0 atom stereocenters. The monoisotopic (exact) mass is 811 g/mol. The van der Waals surface area contributed by atoms with Crippen molar-refractivity contribution in [3.8, 4) is 56.7 Å². The Bertz CT molecular complexity index is 4210. The van der Waals surface area contributed by atoms with Gasteiger partial charge in [0.25, 0.3) is 0 Å². The van der Waals surface area contributed by atoms with E-state index in [1.807, 2.05) is 127 Å². The zero-order valence-electron chi connectivity index (χ0n) is 39.4. The van der Waals surface area contributed by atoms with Gasteiger partial charge in [-0.1, -0.05) is 152 Å². The Labute approximate surface area is 370 Å². The van der Waals surface area contributed by atoms with E-state index in [4.69, 9.17) is 22.1 Å². The maximum absolute atomic E-state index is 9.49. The van der Waals surface area contributed by atoms with E-state index < -0.39 is 0 Å². The summed E-state index contributed by atoms with van der Waals surface area (Å²) in [5, 5.41) is 4.20. The number of hydrogen-bond donors (Lipinski definition) is 0. The minimum atomic E-state index is -0.209. The van der Waals surface area contributed by atoms with Crippen LogP contribution in [0.1, 0.15) is 8.22 Å². The predicted molar refractivity (Wildman–Crippen MR) is 258 cm³/mol. The third-order valence-electron chi connectivity index (χ3n) is 11.9. The van der Waals surface area contributed by atoms with Crippen LogP contribution in [0.15, 0.2) is 217 Å². The standard InChI is InChI=1S/C57H35N5O/c1-3-17-36(18-4-1)55-58-56(37-33-34-51-47(35-37)41-23-9-11-29-48(41)61(51)38-19-5-2-6-20-38)60-57(59-55)46-28-15-25-43(45-27-16-26-44-42-24-10-14-32-52(42)63-54(44)45)53(46)62-49-30-12-7-21-39(49)40-22-8-13-31-50(40)62/h1-35H/i7D,8D,21D,22D,30D,31D. The maximum atomic E-state index is 9.49. The Hall–Kier alpha value is -8.61. The molecule has 13 rings (SSSR count). The Balaban J connectivity index is 1.16. The molecule has 6 nitrogen and oxygen atoms in total. The molecule has 0 N–H and O–H groups in total. The quantitative estimate of drug-likeness (QED) is 0.168. The van der Waals surface area contributed by atoms with Crippen molar-refractivity contribution >= 4 is 65.6 Å². The molecule has 0 amide bonds. The fourth-order valence-electron chi connectivity index (χ4n) is 9.19. The van der Waals surface area contributed by atoms with E-state index in [0.717, 1.165) is 49.4 Å². The van der Waals surface area contributed by atoms with Crippen molar-refractivity contribution in [2.45, 2.75) is 0 Å². The van der Waals surface area contributed by atoms with Crippen molar-refractivity contribution < 1.29 is 12.6 Å². The van der Waals surface area contributed by atoms with Crippen molar-refractivity contribution in [2.75, 3.05) is 0 Å². The van der Waals surface area contributed by atoms with Crippen molar-refractivity contribution in [3.05, 3.63) is 212 Å². The first kappa shape index (κ1) is 29.6. The Morgan fingerprint density at radius 2 is 0.984 bits per heavy atom. The fraction of sp³-hybridized carbons (Fsp3) is 0. The van der Waals surface area contributed by atoms with E-state index in [2.05, 4.69) is 41.0 Å². The molecule has 0 aliphatic carbocycles. The van der Waals surface area contributed by atoms with Crippen LogP contribution < -0.4 is 0 Å². The fourth-order valence-corrected chi connectivity index (χ4v) is 9.19. The number of para-hydroxylation sites is 7. The van der Waals surface area contributed by atoms with Gasteiger partial charge in [0.1, 0.15) is 11.2 Å². The van der Waals surface area contributed by atoms with Crippen LogP contribution >= 0.6 is 0 Å². The minimum Gasteiger partial charge on any atom is -0.455 e. The second-order valence-electron chi connectivity index (χ2n) is 15.5. The number of hydrogen-bond acceptors (Lipinski definition) is 4. The molecule has 4 aromatic heterocycles. The van der Waals surface area contributed by atoms with Crippen molar-refractivity contribution in [2.24, 2.45) is 0 Å². The van der Waals surface area contributed by atoms with Gasteiger partial charge < -0.3 is 13.6 Å². The maximum Gasteiger partial charge on any atom is 0.166 e. The van der Waals surface area contributed by atoms with Crippen LogP contribution in [-0.2, 0) is 0 Å². The third kappa shape index (κ3) is 5.48. The number of rotatable bonds is 6. The van der Waals surface area contributed by atoms with Gasteiger partial charge in [-0.3, -0.25) is 0 Å². The molecule has 0 spiro atoms. The number of nitrogens with zero attached hydrogens (tertiary/aromatic N) is 5. The number of furan rings is 1. The summed E-state index contributed by atoms with van der Waals surface area (Å²) in [5.74, 6) is 1.12. The SMILES string of the molecule is [2H]c1cc([2H])c2c(c1[2H])c1c([2H])c([2H])cc([2H])c1n2-c1c(-c2nc(-c3ccccc3)nc(-c3ccc4c(c3)c3ccccc3n4-c3ccccc3)n2)cccc1-c1cccc2c1oc1ccccc12. The molecule has 0 saturated carbocycles. The van der Waals surface area contributed by atoms with Gasteiger partial charge in [0.05, 0.1) is 36.0 Å². The molecule has 6 heteroatoms. The van der Waals surface area contributed by atoms with E-state index in [1.165, 1.54) is 12.1 Å². The number of fused-ring (bicyclic) bond motifs is 9. The summed E-state index contributed by atoms with van der Waals surface area (Å²) >= 11 is 0. The molecule has 294 valence electrons. The number of aromatic nitrogens is 5. The lowest BCUT2D eigenvalue weighted by molar-refractivity contribution is 0.670. The van der Waals surface area contributed by atoms with Crippen molar-refractivity contribution in [1.82, 2.24) is 24.1 Å². The van der Waals surface area contributed by atoms with Gasteiger partial charge in [-0.2, -0.15) is 0 Å². The molecule has 13 aromatic rings. The molecular formula is C57H35N5O. The number of benzene rings is 9. The highest BCUT2D eigenvalue weighted by molar-refractivity contribution is 6.14. The van der Waals surface area contributed by atoms with E-state index in [9.17, 15) is 5.48 Å². The smallest absolute Gasteiger partial charge is 0.166 e. The summed E-state index contributed by atoms with van der Waals surface area (Å²) in [6.07, 6.45) is 0. The normalized spacial score (nSPS) is 13.1. The van der Waals surface area contributed by atoms with Gasteiger partial charge in [-0.05, 0) is 60.6 Å². The van der Waals surface area contributed by atoms with E-state index in [0.29, 0.717) is 51.0 Å². The van der Waals surface area contributed by atoms with Crippen LogP contribution in [0.3, 0.4) is 0 Å². The van der Waals surface area contributed by atoms with Gasteiger partial charge in [0.15, 0.2) is 17.5 Å². The molecule has 0 aliphatic rings. The van der Waals surface area contributed by atoms with Gasteiger partial charge in [-0.25, -0.2) is 15.0 Å². The first-order valence-corrected chi connectivity index (χ1v) is 20.7. The average Bonchev–Trinajstić information content (AvgIpc) is 4.06. The highest BCUT2D eigenvalue weighted by atomic mass is 16.3. The third-order valence-corrected chi connectivity index (χ3v) is 11.9. The summed E-state index contributed by atoms with van der Waals surface area (Å²) in [6, 6.07) is 55.8. The molecule has 0 radical (unpaired) electrons. The second-order valence-corrected chi connectivity index (χ2v) is 15.5. The van der Waals surface area contributed by atoms with Crippen LogP contribution in [-0.4, -0.2) is 24.1 Å². The lowest BCUT2D eigenvalue weighted by atomic mass is 9.97. The van der Waals surface area contributed by atoms with Gasteiger partial charge in [0.2, 0.25) is 0 Å². The minimum absolute atomic E-state index is 0.0838. The molecule has 0 saturated heterocycles. The summed E-state index contributed by atoms with van der Waals surface area (Å²) in [5.41, 5.74) is 8.69. The molecule has 0 bridgehead atoms. The summed E-state index contributed by atoms with van der Waals surface area (Å²) in [6.45, 7) is 0. The van der Waals surface area contributed by atoms with Gasteiger partial charge >= 0.3 is 0 Å². The van der Waals surface area contributed by atoms with Crippen LogP contribution in [0.2, 0.25) is 0 Å². The zero-order valence-corrected chi connectivity index (χ0v) is 33.4. The predicted octanol–water partition coefficient (Wildman–Crippen LogP) is 14.6. The summed E-state index contributed by atoms with van der Waals surface area (Å²) < 4.78 is 65.6. The van der Waals surface area contributed by atoms with Crippen molar-refractivity contribution in [1.29, 1.82) is 0 Å². The topological polar surface area (TPSA) is 61.7 Å². The first-order chi connectivity index (χ1) is 33.7. The highest BCUT2D eigenvalue weighted by Gasteiger charge is 2.25. The van der Waals surface area contributed by atoms with E-state index in [1.54, 1.807) is 4.57 Å². The Morgan fingerprint density at radius 3 is 1.78 bits per heavy atom. The van der Waals surface area contributed by atoms with Gasteiger partial charge in [0, 0.05) is 65.8 Å². The van der Waals surface area contributed by atoms with E-state index >= 15 is 0 Å². The van der Waals surface area contributed by atoms with Crippen LogP contribution in [0.25, 0.3) is 122 Å². The second kappa shape index (κ2) is 14.0. The molecule has 0 fully saturated rings. The molecule has 9 aromatic carbocycles.